The van der Waals surface area contributed by atoms with Crippen LogP contribution in [0, 0.1) is 5.92 Å². The van der Waals surface area contributed by atoms with Gasteiger partial charge in [-0.2, -0.15) is 0 Å². The molecular weight excluding hydrogens is 284 g/mol. The molecule has 0 amide bonds. The zero-order chi connectivity index (χ0) is 17.5. The van der Waals surface area contributed by atoms with Crippen LogP contribution >= 0.6 is 0 Å². The fraction of sp³-hybridized carbons (Fsp3) is 0.647. The van der Waals surface area contributed by atoms with Crippen molar-refractivity contribution >= 4 is 11.9 Å². The van der Waals surface area contributed by atoms with Gasteiger partial charge in [0.25, 0.3) is 0 Å². The largest absolute Gasteiger partial charge is 0.478 e. The van der Waals surface area contributed by atoms with Gasteiger partial charge >= 0.3 is 11.9 Å². The summed E-state index contributed by atoms with van der Waals surface area (Å²) in [7, 11) is 0. The second kappa shape index (κ2) is 14.3. The third kappa shape index (κ3) is 14.8. The van der Waals surface area contributed by atoms with E-state index in [2.05, 4.69) is 27.0 Å². The summed E-state index contributed by atoms with van der Waals surface area (Å²) in [5.41, 5.74) is 0.522. The van der Waals surface area contributed by atoms with Crippen LogP contribution in [0.1, 0.15) is 52.9 Å². The van der Waals surface area contributed by atoms with Gasteiger partial charge in [0.05, 0.1) is 6.10 Å². The molecule has 22 heavy (non-hydrogen) atoms. The second-order valence-electron chi connectivity index (χ2n) is 5.21. The molecule has 0 fully saturated rings. The molecule has 0 aliphatic carbocycles. The molecule has 5 heteroatoms. The van der Waals surface area contributed by atoms with Gasteiger partial charge in [-0.15, -0.1) is 0 Å². The molecule has 0 aliphatic heterocycles. The van der Waals surface area contributed by atoms with Gasteiger partial charge in [0.1, 0.15) is 6.61 Å². The number of carbonyl (C=O) groups is 2. The van der Waals surface area contributed by atoms with Gasteiger partial charge in [-0.3, -0.25) is 0 Å². The molecular formula is C17H30O5. The van der Waals surface area contributed by atoms with Gasteiger partial charge < -0.3 is 14.9 Å². The molecule has 0 aromatic heterocycles. The van der Waals surface area contributed by atoms with Crippen LogP contribution < -0.4 is 0 Å². The van der Waals surface area contributed by atoms with Crippen LogP contribution in [-0.4, -0.2) is 34.9 Å². The van der Waals surface area contributed by atoms with Crippen molar-refractivity contribution in [1.29, 1.82) is 0 Å². The Morgan fingerprint density at radius 2 is 1.86 bits per heavy atom. The van der Waals surface area contributed by atoms with Crippen molar-refractivity contribution in [3.05, 3.63) is 24.8 Å². The summed E-state index contributed by atoms with van der Waals surface area (Å²) in [5.74, 6) is -0.840. The standard InChI is InChI=1S/C14H26O3.C3H4O2/c1-5-7-8-13(6-2)9-11(3)14(16)17-10-12(4)15;1-2-3(4)5/h12-13,15H,3,5-10H2,1-2,4H3;2H,1H2,(H,4,5). The maximum atomic E-state index is 11.5. The number of esters is 1. The van der Waals surface area contributed by atoms with E-state index >= 15 is 0 Å². The van der Waals surface area contributed by atoms with Crippen molar-refractivity contribution in [2.24, 2.45) is 5.92 Å². The Morgan fingerprint density at radius 1 is 1.32 bits per heavy atom. The molecule has 128 valence electrons. The topological polar surface area (TPSA) is 83.8 Å². The predicted molar refractivity (Wildman–Crippen MR) is 87.5 cm³/mol. The lowest BCUT2D eigenvalue weighted by Gasteiger charge is -2.15. The summed E-state index contributed by atoms with van der Waals surface area (Å²) in [5, 5.41) is 16.6. The number of aliphatic hydroxyl groups excluding tert-OH is 1. The molecule has 0 radical (unpaired) electrons. The Hall–Kier alpha value is -1.62. The Labute approximate surface area is 133 Å². The molecule has 2 atom stereocenters. The monoisotopic (exact) mass is 314 g/mol. The van der Waals surface area contributed by atoms with Crippen molar-refractivity contribution in [1.82, 2.24) is 0 Å². The number of rotatable bonds is 10. The quantitative estimate of drug-likeness (QED) is 0.477. The maximum Gasteiger partial charge on any atom is 0.333 e. The van der Waals surface area contributed by atoms with Gasteiger partial charge in [-0.25, -0.2) is 9.59 Å². The zero-order valence-electron chi connectivity index (χ0n) is 14.0. The van der Waals surface area contributed by atoms with Crippen LogP contribution in [-0.2, 0) is 14.3 Å². The highest BCUT2D eigenvalue weighted by molar-refractivity contribution is 5.87. The summed E-state index contributed by atoms with van der Waals surface area (Å²) < 4.78 is 4.93. The Bertz CT molecular complexity index is 347. The molecule has 0 saturated heterocycles. The summed E-state index contributed by atoms with van der Waals surface area (Å²) >= 11 is 0. The molecule has 0 heterocycles. The van der Waals surface area contributed by atoms with E-state index in [0.29, 0.717) is 17.9 Å². The lowest BCUT2D eigenvalue weighted by Crippen LogP contribution is -2.17. The molecule has 0 rings (SSSR count). The summed E-state index contributed by atoms with van der Waals surface area (Å²) in [6.45, 7) is 12.7. The van der Waals surface area contributed by atoms with E-state index in [0.717, 1.165) is 18.9 Å². The predicted octanol–water partition coefficient (Wildman–Crippen LogP) is 3.33. The molecule has 2 N–H and O–H groups in total. The minimum absolute atomic E-state index is 0.0452. The summed E-state index contributed by atoms with van der Waals surface area (Å²) in [4.78, 5) is 20.8. The highest BCUT2D eigenvalue weighted by Gasteiger charge is 2.15. The van der Waals surface area contributed by atoms with Crippen molar-refractivity contribution in [2.45, 2.75) is 59.0 Å². The Kier molecular flexibility index (Phi) is 14.8. The molecule has 2 unspecified atom stereocenters. The fourth-order valence-electron chi connectivity index (χ4n) is 1.67. The lowest BCUT2D eigenvalue weighted by molar-refractivity contribution is -0.142. The molecule has 0 aromatic carbocycles. The van der Waals surface area contributed by atoms with Gasteiger partial charge in [0.15, 0.2) is 0 Å². The number of hydrogen-bond acceptors (Lipinski definition) is 4. The number of ether oxygens (including phenoxy) is 1. The smallest absolute Gasteiger partial charge is 0.333 e. The van der Waals surface area contributed by atoms with Crippen LogP contribution in [0.25, 0.3) is 0 Å². The number of carbonyl (C=O) groups excluding carboxylic acids is 1. The SMILES string of the molecule is C=C(CC(CC)CCCC)C(=O)OCC(C)O.C=CC(=O)O. The van der Waals surface area contributed by atoms with Gasteiger partial charge in [-0.1, -0.05) is 52.7 Å². The average Bonchev–Trinajstić information content (AvgIpc) is 2.49. The normalized spacial score (nSPS) is 12.4. The minimum Gasteiger partial charge on any atom is -0.478 e. The van der Waals surface area contributed by atoms with Gasteiger partial charge in [0.2, 0.25) is 0 Å². The number of unbranched alkanes of at least 4 members (excludes halogenated alkanes) is 1. The van der Waals surface area contributed by atoms with Crippen LogP contribution in [0.2, 0.25) is 0 Å². The average molecular weight is 314 g/mol. The molecule has 5 nitrogen and oxygen atoms in total. The maximum absolute atomic E-state index is 11.5. The summed E-state index contributed by atoms with van der Waals surface area (Å²) in [6, 6.07) is 0. The van der Waals surface area contributed by atoms with Crippen molar-refractivity contribution in [2.75, 3.05) is 6.61 Å². The lowest BCUT2D eigenvalue weighted by atomic mass is 9.92. The van der Waals surface area contributed by atoms with E-state index in [4.69, 9.17) is 14.9 Å². The molecule has 0 aliphatic rings. The van der Waals surface area contributed by atoms with E-state index < -0.39 is 12.1 Å². The Balaban J connectivity index is 0. The number of aliphatic carboxylic acids is 1. The number of carboxylic acid groups (broad SMARTS) is 1. The number of carboxylic acids is 1. The molecule has 0 aromatic rings. The van der Waals surface area contributed by atoms with Crippen LogP contribution in [0.5, 0.6) is 0 Å². The van der Waals surface area contributed by atoms with Gasteiger partial charge in [0, 0.05) is 11.6 Å². The first-order valence-electron chi connectivity index (χ1n) is 7.66. The Morgan fingerprint density at radius 3 is 2.23 bits per heavy atom. The van der Waals surface area contributed by atoms with Crippen molar-refractivity contribution in [3.8, 4) is 0 Å². The van der Waals surface area contributed by atoms with Crippen LogP contribution in [0.4, 0.5) is 0 Å². The van der Waals surface area contributed by atoms with E-state index in [1.165, 1.54) is 12.8 Å². The van der Waals surface area contributed by atoms with Crippen LogP contribution in [0.15, 0.2) is 24.8 Å². The second-order valence-corrected chi connectivity index (χ2v) is 5.21. The minimum atomic E-state index is -0.981. The third-order valence-electron chi connectivity index (χ3n) is 3.00. The third-order valence-corrected chi connectivity index (χ3v) is 3.00. The fourth-order valence-corrected chi connectivity index (χ4v) is 1.67. The number of hydrogen-bond donors (Lipinski definition) is 2. The highest BCUT2D eigenvalue weighted by Crippen LogP contribution is 2.21. The van der Waals surface area contributed by atoms with E-state index in [9.17, 15) is 9.59 Å². The highest BCUT2D eigenvalue weighted by atomic mass is 16.5. The van der Waals surface area contributed by atoms with Crippen molar-refractivity contribution < 1.29 is 24.5 Å². The number of aliphatic hydroxyl groups is 1. The molecule has 0 saturated carbocycles. The van der Waals surface area contributed by atoms with Crippen LogP contribution in [0.3, 0.4) is 0 Å². The summed E-state index contributed by atoms with van der Waals surface area (Å²) in [6.07, 6.45) is 5.48. The molecule has 0 spiro atoms. The first-order valence-corrected chi connectivity index (χ1v) is 7.66. The molecule has 0 bridgehead atoms. The van der Waals surface area contributed by atoms with Crippen molar-refractivity contribution in [3.63, 3.8) is 0 Å². The first kappa shape index (κ1) is 22.7. The zero-order valence-corrected chi connectivity index (χ0v) is 14.0. The van der Waals surface area contributed by atoms with E-state index in [-0.39, 0.29) is 12.6 Å². The van der Waals surface area contributed by atoms with E-state index in [1.54, 1.807) is 6.92 Å². The van der Waals surface area contributed by atoms with Gasteiger partial charge in [-0.05, 0) is 19.3 Å². The van der Waals surface area contributed by atoms with E-state index in [1.807, 2.05) is 0 Å². The first-order chi connectivity index (χ1) is 10.3.